The minimum atomic E-state index is -4.11. The molecule has 0 aliphatic carbocycles. The Balaban J connectivity index is 2.03. The van der Waals surface area contributed by atoms with E-state index in [1.54, 1.807) is 56.3 Å². The first-order valence-corrected chi connectivity index (χ1v) is 13.5. The number of nitrogens with one attached hydrogen (secondary N) is 1. The number of hydrogen-bond acceptors (Lipinski definition) is 5. The molecule has 3 rings (SSSR count). The molecule has 0 saturated carbocycles. The highest BCUT2D eigenvalue weighted by Gasteiger charge is 2.32. The number of likely N-dealkylation sites (N-methyl/N-ethyl adjacent to an activating group) is 1. The number of sulfonamides is 1. The first kappa shape index (κ1) is 27.7. The topological polar surface area (TPSA) is 96.0 Å². The lowest BCUT2D eigenvalue weighted by Gasteiger charge is -2.32. The lowest BCUT2D eigenvalue weighted by Crippen LogP contribution is -2.51. The molecule has 196 valence electrons. The van der Waals surface area contributed by atoms with Crippen molar-refractivity contribution in [3.8, 4) is 5.75 Å². The lowest BCUT2D eigenvalue weighted by atomic mass is 10.1. The third kappa shape index (κ3) is 6.89. The minimum absolute atomic E-state index is 0.0486. The molecule has 37 heavy (non-hydrogen) atoms. The quantitative estimate of drug-likeness (QED) is 0.413. The molecular formula is C28H33N3O5S. The maximum atomic E-state index is 13.8. The molecule has 3 aromatic rings. The molecule has 9 heteroatoms. The molecule has 0 aliphatic rings. The SMILES string of the molecule is CCNC(=O)C(C)N(Cc1ccc(C)cc1)C(=O)CN(c1cccc(OC)c1)S(=O)(=O)c1ccccc1. The molecule has 0 radical (unpaired) electrons. The predicted octanol–water partition coefficient (Wildman–Crippen LogP) is 3.75. The van der Waals surface area contributed by atoms with Gasteiger partial charge in [-0.2, -0.15) is 0 Å². The summed E-state index contributed by atoms with van der Waals surface area (Å²) in [5.41, 5.74) is 2.17. The number of benzene rings is 3. The number of hydrogen-bond donors (Lipinski definition) is 1. The van der Waals surface area contributed by atoms with Crippen LogP contribution in [0.4, 0.5) is 5.69 Å². The average Bonchev–Trinajstić information content (AvgIpc) is 2.91. The summed E-state index contributed by atoms with van der Waals surface area (Å²) >= 11 is 0. The zero-order valence-electron chi connectivity index (χ0n) is 21.5. The average molecular weight is 524 g/mol. The van der Waals surface area contributed by atoms with Crippen LogP contribution < -0.4 is 14.4 Å². The van der Waals surface area contributed by atoms with Crippen LogP contribution in [-0.2, 0) is 26.2 Å². The fourth-order valence-electron chi connectivity index (χ4n) is 3.81. The second kappa shape index (κ2) is 12.4. The van der Waals surface area contributed by atoms with Crippen molar-refractivity contribution >= 4 is 27.5 Å². The van der Waals surface area contributed by atoms with Crippen molar-refractivity contribution in [1.29, 1.82) is 0 Å². The van der Waals surface area contributed by atoms with Crippen LogP contribution >= 0.6 is 0 Å². The van der Waals surface area contributed by atoms with Crippen LogP contribution in [0.15, 0.2) is 83.8 Å². The Morgan fingerprint density at radius 2 is 1.65 bits per heavy atom. The monoisotopic (exact) mass is 523 g/mol. The second-order valence-corrected chi connectivity index (χ2v) is 10.5. The number of ether oxygens (including phenoxy) is 1. The molecule has 0 bridgehead atoms. The van der Waals surface area contributed by atoms with Gasteiger partial charge in [0.05, 0.1) is 17.7 Å². The van der Waals surface area contributed by atoms with Crippen LogP contribution in [0.25, 0.3) is 0 Å². The molecule has 0 spiro atoms. The Kier molecular flexibility index (Phi) is 9.30. The Morgan fingerprint density at radius 1 is 0.973 bits per heavy atom. The van der Waals surface area contributed by atoms with Crippen LogP contribution in [0, 0.1) is 6.92 Å². The normalized spacial score (nSPS) is 11.9. The Morgan fingerprint density at radius 3 is 2.27 bits per heavy atom. The summed E-state index contributed by atoms with van der Waals surface area (Å²) < 4.78 is 33.8. The number of methoxy groups -OCH3 is 1. The molecule has 0 aliphatic heterocycles. The summed E-state index contributed by atoms with van der Waals surface area (Å²) in [7, 11) is -2.63. The van der Waals surface area contributed by atoms with Gasteiger partial charge in [-0.1, -0.05) is 54.1 Å². The van der Waals surface area contributed by atoms with Crippen molar-refractivity contribution in [3.05, 3.63) is 90.0 Å². The molecule has 3 aromatic carbocycles. The fraction of sp³-hybridized carbons (Fsp3) is 0.286. The largest absolute Gasteiger partial charge is 0.497 e. The van der Waals surface area contributed by atoms with E-state index in [-0.39, 0.29) is 23.0 Å². The molecule has 1 N–H and O–H groups in total. The van der Waals surface area contributed by atoms with Crippen molar-refractivity contribution in [2.45, 2.75) is 38.3 Å². The number of nitrogens with zero attached hydrogens (tertiary/aromatic N) is 2. The highest BCUT2D eigenvalue weighted by atomic mass is 32.2. The van der Waals surface area contributed by atoms with Gasteiger partial charge in [0.25, 0.3) is 10.0 Å². The van der Waals surface area contributed by atoms with Gasteiger partial charge in [-0.05, 0) is 50.6 Å². The molecule has 1 atom stereocenters. The van der Waals surface area contributed by atoms with Crippen molar-refractivity contribution in [2.24, 2.45) is 0 Å². The van der Waals surface area contributed by atoms with Crippen molar-refractivity contribution in [1.82, 2.24) is 10.2 Å². The van der Waals surface area contributed by atoms with E-state index in [9.17, 15) is 18.0 Å². The minimum Gasteiger partial charge on any atom is -0.497 e. The third-order valence-corrected chi connectivity index (χ3v) is 7.73. The van der Waals surface area contributed by atoms with Gasteiger partial charge >= 0.3 is 0 Å². The van der Waals surface area contributed by atoms with E-state index in [1.165, 1.54) is 24.1 Å². The van der Waals surface area contributed by atoms with Gasteiger partial charge in [0.1, 0.15) is 18.3 Å². The second-order valence-electron chi connectivity index (χ2n) is 8.60. The van der Waals surface area contributed by atoms with Gasteiger partial charge < -0.3 is 15.0 Å². The van der Waals surface area contributed by atoms with Gasteiger partial charge in [0.15, 0.2) is 0 Å². The van der Waals surface area contributed by atoms with E-state index in [1.807, 2.05) is 31.2 Å². The van der Waals surface area contributed by atoms with Crippen LogP contribution in [0.5, 0.6) is 5.75 Å². The van der Waals surface area contributed by atoms with E-state index >= 15 is 0 Å². The van der Waals surface area contributed by atoms with E-state index < -0.39 is 28.5 Å². The molecule has 1 unspecified atom stereocenters. The maximum Gasteiger partial charge on any atom is 0.264 e. The number of amides is 2. The smallest absolute Gasteiger partial charge is 0.264 e. The Hall–Kier alpha value is -3.85. The first-order valence-electron chi connectivity index (χ1n) is 12.0. The zero-order valence-corrected chi connectivity index (χ0v) is 22.4. The van der Waals surface area contributed by atoms with Gasteiger partial charge in [0, 0.05) is 19.2 Å². The number of carbonyl (C=O) groups is 2. The van der Waals surface area contributed by atoms with Crippen LogP contribution in [0.2, 0.25) is 0 Å². The highest BCUT2D eigenvalue weighted by molar-refractivity contribution is 7.92. The third-order valence-electron chi connectivity index (χ3n) is 5.94. The summed E-state index contributed by atoms with van der Waals surface area (Å²) in [5, 5.41) is 2.75. The van der Waals surface area contributed by atoms with Gasteiger partial charge in [-0.3, -0.25) is 13.9 Å². The fourth-order valence-corrected chi connectivity index (χ4v) is 5.24. The van der Waals surface area contributed by atoms with Crippen molar-refractivity contribution in [3.63, 3.8) is 0 Å². The van der Waals surface area contributed by atoms with Gasteiger partial charge in [0.2, 0.25) is 11.8 Å². The standard InChI is InChI=1S/C28H33N3O5S/c1-5-29-28(33)22(3)30(19-23-16-14-21(2)15-17-23)27(32)20-31(24-10-9-11-25(18-24)36-4)37(34,35)26-12-7-6-8-13-26/h6-18,22H,5,19-20H2,1-4H3,(H,29,33). The van der Waals surface area contributed by atoms with Crippen LogP contribution in [-0.4, -0.2) is 51.4 Å². The molecular weight excluding hydrogens is 490 g/mol. The molecule has 2 amide bonds. The summed E-state index contributed by atoms with van der Waals surface area (Å²) in [6.07, 6.45) is 0. The zero-order chi connectivity index (χ0) is 27.0. The van der Waals surface area contributed by atoms with Crippen molar-refractivity contribution < 1.29 is 22.7 Å². The Labute approximate surface area is 218 Å². The summed E-state index contributed by atoms with van der Waals surface area (Å²) in [6.45, 7) is 5.46. The molecule has 0 heterocycles. The maximum absolute atomic E-state index is 13.8. The number of carbonyl (C=O) groups excluding carboxylic acids is 2. The molecule has 0 aromatic heterocycles. The first-order chi connectivity index (χ1) is 17.7. The van der Waals surface area contributed by atoms with Crippen molar-refractivity contribution in [2.75, 3.05) is 24.5 Å². The predicted molar refractivity (Wildman–Crippen MR) is 144 cm³/mol. The van der Waals surface area contributed by atoms with E-state index in [0.717, 1.165) is 15.4 Å². The van der Waals surface area contributed by atoms with Crippen LogP contribution in [0.3, 0.4) is 0 Å². The number of anilines is 1. The van der Waals surface area contributed by atoms with Crippen LogP contribution in [0.1, 0.15) is 25.0 Å². The Bertz CT molecular complexity index is 1310. The molecule has 0 fully saturated rings. The molecule has 0 saturated heterocycles. The summed E-state index contributed by atoms with van der Waals surface area (Å²) in [6, 6.07) is 21.3. The van der Waals surface area contributed by atoms with Gasteiger partial charge in [-0.25, -0.2) is 8.42 Å². The van der Waals surface area contributed by atoms with Gasteiger partial charge in [-0.15, -0.1) is 0 Å². The highest BCUT2D eigenvalue weighted by Crippen LogP contribution is 2.27. The lowest BCUT2D eigenvalue weighted by molar-refractivity contribution is -0.139. The van der Waals surface area contributed by atoms with E-state index in [4.69, 9.17) is 4.74 Å². The summed E-state index contributed by atoms with van der Waals surface area (Å²) in [4.78, 5) is 28.0. The molecule has 8 nitrogen and oxygen atoms in total. The summed E-state index contributed by atoms with van der Waals surface area (Å²) in [5.74, 6) is -0.381. The van der Waals surface area contributed by atoms with E-state index in [2.05, 4.69) is 5.32 Å². The van der Waals surface area contributed by atoms with E-state index in [0.29, 0.717) is 12.3 Å². The number of rotatable bonds is 11. The number of aryl methyl sites for hydroxylation is 1.